The third kappa shape index (κ3) is 3.42. The third-order valence-corrected chi connectivity index (χ3v) is 5.74. The van der Waals surface area contributed by atoms with Gasteiger partial charge in [-0.05, 0) is 25.5 Å². The minimum atomic E-state index is -0.624. The molecule has 0 saturated carbocycles. The van der Waals surface area contributed by atoms with Gasteiger partial charge in [0.2, 0.25) is 5.69 Å². The van der Waals surface area contributed by atoms with Crippen LogP contribution in [0.2, 0.25) is 5.15 Å². The quantitative estimate of drug-likeness (QED) is 0.330. The molecular formula is C22H21ClN4O3. The molecule has 0 unspecified atom stereocenters. The van der Waals surface area contributed by atoms with E-state index in [1.54, 1.807) is 42.0 Å². The number of hydrogen-bond acceptors (Lipinski definition) is 5. The van der Waals surface area contributed by atoms with E-state index < -0.39 is 18.3 Å². The SMILES string of the molecule is [C-]#[N+]c1cn([C@@H]2O[C@H](CC)[C@@H](C)[C@H]2OC(=O)c2ccccc2)c2nc(C)nc(Cl)c12. The first-order valence-corrected chi connectivity index (χ1v) is 10.2. The Balaban J connectivity index is 1.78. The molecule has 3 aromatic rings. The van der Waals surface area contributed by atoms with Gasteiger partial charge in [0.1, 0.15) is 16.6 Å². The first-order chi connectivity index (χ1) is 14.4. The lowest BCUT2D eigenvalue weighted by Gasteiger charge is -2.23. The summed E-state index contributed by atoms with van der Waals surface area (Å²) in [6.07, 6.45) is 1.14. The van der Waals surface area contributed by atoms with Gasteiger partial charge < -0.3 is 14.0 Å². The minimum Gasteiger partial charge on any atom is -0.454 e. The van der Waals surface area contributed by atoms with Gasteiger partial charge in [-0.15, -0.1) is 0 Å². The Kier molecular flexibility index (Phi) is 5.46. The fourth-order valence-corrected chi connectivity index (χ4v) is 4.25. The second kappa shape index (κ2) is 8.05. The lowest BCUT2D eigenvalue weighted by Crippen LogP contribution is -2.30. The number of halogens is 1. The first-order valence-electron chi connectivity index (χ1n) is 9.78. The van der Waals surface area contributed by atoms with Crippen molar-refractivity contribution in [2.24, 2.45) is 5.92 Å². The van der Waals surface area contributed by atoms with E-state index in [9.17, 15) is 4.79 Å². The van der Waals surface area contributed by atoms with Crippen LogP contribution in [0.4, 0.5) is 5.69 Å². The molecule has 8 heteroatoms. The van der Waals surface area contributed by atoms with Crippen molar-refractivity contribution in [3.05, 3.63) is 64.5 Å². The Bertz CT molecular complexity index is 1140. The number of ether oxygens (including phenoxy) is 2. The van der Waals surface area contributed by atoms with Crippen LogP contribution in [0, 0.1) is 19.4 Å². The van der Waals surface area contributed by atoms with Crippen LogP contribution < -0.4 is 0 Å². The fourth-order valence-electron chi connectivity index (χ4n) is 3.94. The maximum atomic E-state index is 12.8. The number of aromatic nitrogens is 3. The average molecular weight is 425 g/mol. The van der Waals surface area contributed by atoms with Gasteiger partial charge in [0.15, 0.2) is 12.3 Å². The molecule has 1 aromatic carbocycles. The zero-order valence-corrected chi connectivity index (χ0v) is 17.6. The molecule has 1 fully saturated rings. The van der Waals surface area contributed by atoms with E-state index in [4.69, 9.17) is 27.6 Å². The summed E-state index contributed by atoms with van der Waals surface area (Å²) >= 11 is 6.32. The van der Waals surface area contributed by atoms with Crippen LogP contribution >= 0.6 is 11.6 Å². The smallest absolute Gasteiger partial charge is 0.338 e. The van der Waals surface area contributed by atoms with Crippen LogP contribution in [0.25, 0.3) is 15.9 Å². The highest BCUT2D eigenvalue weighted by atomic mass is 35.5. The highest BCUT2D eigenvalue weighted by molar-refractivity contribution is 6.35. The van der Waals surface area contributed by atoms with Crippen LogP contribution in [-0.2, 0) is 9.47 Å². The van der Waals surface area contributed by atoms with E-state index in [1.807, 2.05) is 19.9 Å². The fraction of sp³-hybridized carbons (Fsp3) is 0.364. The second-order valence-corrected chi connectivity index (χ2v) is 7.72. The topological polar surface area (TPSA) is 70.6 Å². The average Bonchev–Trinajstić information content (AvgIpc) is 3.26. The van der Waals surface area contributed by atoms with E-state index >= 15 is 0 Å². The van der Waals surface area contributed by atoms with Gasteiger partial charge in [-0.2, -0.15) is 0 Å². The number of benzene rings is 1. The van der Waals surface area contributed by atoms with E-state index in [0.717, 1.165) is 6.42 Å². The van der Waals surface area contributed by atoms with E-state index in [0.29, 0.717) is 28.1 Å². The number of carbonyl (C=O) groups is 1. The number of esters is 1. The van der Waals surface area contributed by atoms with Crippen molar-refractivity contribution in [2.45, 2.75) is 45.6 Å². The second-order valence-electron chi connectivity index (χ2n) is 7.36. The van der Waals surface area contributed by atoms with E-state index in [-0.39, 0.29) is 17.2 Å². The monoisotopic (exact) mass is 424 g/mol. The highest BCUT2D eigenvalue weighted by Crippen LogP contribution is 2.42. The summed E-state index contributed by atoms with van der Waals surface area (Å²) in [7, 11) is 0. The first kappa shape index (κ1) is 20.3. The van der Waals surface area contributed by atoms with Gasteiger partial charge in [0, 0.05) is 12.1 Å². The molecule has 0 bridgehead atoms. The van der Waals surface area contributed by atoms with Crippen molar-refractivity contribution in [1.29, 1.82) is 0 Å². The molecule has 0 spiro atoms. The molecule has 0 radical (unpaired) electrons. The van der Waals surface area contributed by atoms with E-state index in [2.05, 4.69) is 14.8 Å². The van der Waals surface area contributed by atoms with Crippen molar-refractivity contribution >= 4 is 34.3 Å². The lowest BCUT2D eigenvalue weighted by molar-refractivity contribution is -0.0466. The number of nitrogens with zero attached hydrogens (tertiary/aromatic N) is 4. The largest absolute Gasteiger partial charge is 0.454 e. The molecule has 4 atom stereocenters. The van der Waals surface area contributed by atoms with Crippen LogP contribution in [0.1, 0.15) is 42.7 Å². The van der Waals surface area contributed by atoms with Crippen molar-refractivity contribution in [3.8, 4) is 0 Å². The predicted octanol–water partition coefficient (Wildman–Crippen LogP) is 5.11. The maximum absolute atomic E-state index is 12.8. The number of fused-ring (bicyclic) bond motifs is 1. The minimum absolute atomic E-state index is 0.0418. The summed E-state index contributed by atoms with van der Waals surface area (Å²) in [5, 5.41) is 0.694. The van der Waals surface area contributed by atoms with Crippen molar-refractivity contribution in [1.82, 2.24) is 14.5 Å². The molecule has 1 aliphatic rings. The van der Waals surface area contributed by atoms with Gasteiger partial charge in [-0.25, -0.2) is 19.6 Å². The summed E-state index contributed by atoms with van der Waals surface area (Å²) in [6, 6.07) is 8.86. The van der Waals surface area contributed by atoms with Gasteiger partial charge in [-0.3, -0.25) is 0 Å². The van der Waals surface area contributed by atoms with Crippen LogP contribution in [0.15, 0.2) is 36.5 Å². The highest BCUT2D eigenvalue weighted by Gasteiger charge is 2.45. The number of carbonyl (C=O) groups excluding carboxylic acids is 1. The lowest BCUT2D eigenvalue weighted by atomic mass is 9.98. The molecule has 1 aliphatic heterocycles. The van der Waals surface area contributed by atoms with Gasteiger partial charge >= 0.3 is 5.97 Å². The summed E-state index contributed by atoms with van der Waals surface area (Å²) in [4.78, 5) is 25.0. The van der Waals surface area contributed by atoms with Gasteiger partial charge in [0.05, 0.1) is 23.6 Å². The zero-order valence-electron chi connectivity index (χ0n) is 16.9. The molecule has 0 amide bonds. The predicted molar refractivity (Wildman–Crippen MR) is 113 cm³/mol. The Morgan fingerprint density at radius 2 is 2.07 bits per heavy atom. The molecule has 0 N–H and O–H groups in total. The molecule has 30 heavy (non-hydrogen) atoms. The van der Waals surface area contributed by atoms with Gasteiger partial charge in [0.25, 0.3) is 0 Å². The normalized spacial score (nSPS) is 23.4. The van der Waals surface area contributed by atoms with Crippen molar-refractivity contribution in [2.75, 3.05) is 0 Å². The Labute approximate surface area is 179 Å². The molecule has 1 saturated heterocycles. The Morgan fingerprint density at radius 3 is 2.73 bits per heavy atom. The van der Waals surface area contributed by atoms with E-state index in [1.165, 1.54) is 0 Å². The van der Waals surface area contributed by atoms with Crippen LogP contribution in [0.5, 0.6) is 0 Å². The Hall–Kier alpha value is -2.95. The van der Waals surface area contributed by atoms with Crippen molar-refractivity contribution < 1.29 is 14.3 Å². The Morgan fingerprint density at radius 1 is 1.33 bits per heavy atom. The molecule has 0 aliphatic carbocycles. The number of hydrogen-bond donors (Lipinski definition) is 0. The summed E-state index contributed by atoms with van der Waals surface area (Å²) in [6.45, 7) is 13.3. The maximum Gasteiger partial charge on any atom is 0.338 e. The summed E-state index contributed by atoms with van der Waals surface area (Å²) in [5.74, 6) is 0.0303. The summed E-state index contributed by atoms with van der Waals surface area (Å²) in [5.41, 5.74) is 1.30. The number of rotatable bonds is 4. The van der Waals surface area contributed by atoms with Crippen LogP contribution in [0.3, 0.4) is 0 Å². The molecule has 2 aromatic heterocycles. The van der Waals surface area contributed by atoms with Crippen LogP contribution in [-0.4, -0.2) is 32.7 Å². The van der Waals surface area contributed by atoms with Crippen molar-refractivity contribution in [3.63, 3.8) is 0 Å². The standard InChI is InChI=1S/C22H21ClN4O3/c1-5-16-12(2)18(30-22(28)14-9-7-6-8-10-14)21(29-16)27-11-15(24-4)17-19(23)25-13(3)26-20(17)27/h6-12,16,18,21H,5H2,1-3H3/t12-,16-,18-,21-/m1/s1. The molecule has 4 rings (SSSR count). The molecule has 3 heterocycles. The molecule has 154 valence electrons. The zero-order chi connectivity index (χ0) is 21.4. The molecular weight excluding hydrogens is 404 g/mol. The molecule has 7 nitrogen and oxygen atoms in total. The third-order valence-electron chi connectivity index (χ3n) is 5.47. The van der Waals surface area contributed by atoms with Gasteiger partial charge in [-0.1, -0.05) is 43.6 Å². The number of aryl methyl sites for hydroxylation is 1. The summed E-state index contributed by atoms with van der Waals surface area (Å²) < 4.78 is 14.0.